The standard InChI is InChI=1S/C16H28N2O4/c1-20-14-4-6-17(7-5-14)16(19)18-8-9-22-15(10-18)12-21-11-13-2-3-13/h13-15H,2-12H2,1H3. The van der Waals surface area contributed by atoms with Gasteiger partial charge in [-0.3, -0.25) is 0 Å². The smallest absolute Gasteiger partial charge is 0.320 e. The number of likely N-dealkylation sites (tertiary alicyclic amines) is 1. The molecule has 0 N–H and O–H groups in total. The molecule has 6 nitrogen and oxygen atoms in total. The van der Waals surface area contributed by atoms with Gasteiger partial charge >= 0.3 is 6.03 Å². The molecule has 0 aromatic rings. The first-order valence-electron chi connectivity index (χ1n) is 8.52. The van der Waals surface area contributed by atoms with E-state index in [0.29, 0.717) is 32.4 Å². The third-order valence-corrected chi connectivity index (χ3v) is 4.81. The van der Waals surface area contributed by atoms with Crippen LogP contribution in [0.3, 0.4) is 0 Å². The van der Waals surface area contributed by atoms with Crippen molar-refractivity contribution in [3.05, 3.63) is 0 Å². The highest BCUT2D eigenvalue weighted by atomic mass is 16.5. The van der Waals surface area contributed by atoms with Gasteiger partial charge in [-0.1, -0.05) is 0 Å². The van der Waals surface area contributed by atoms with Crippen LogP contribution in [-0.2, 0) is 14.2 Å². The van der Waals surface area contributed by atoms with E-state index < -0.39 is 0 Å². The molecule has 2 saturated heterocycles. The lowest BCUT2D eigenvalue weighted by atomic mass is 10.1. The number of hydrogen-bond donors (Lipinski definition) is 0. The van der Waals surface area contributed by atoms with Gasteiger partial charge in [0.1, 0.15) is 0 Å². The van der Waals surface area contributed by atoms with E-state index in [9.17, 15) is 4.79 Å². The molecule has 3 aliphatic rings. The number of methoxy groups -OCH3 is 1. The number of hydrogen-bond acceptors (Lipinski definition) is 4. The Morgan fingerprint density at radius 3 is 2.55 bits per heavy atom. The number of morpholine rings is 1. The Kier molecular flexibility index (Phi) is 5.55. The average Bonchev–Trinajstić information content (AvgIpc) is 3.39. The van der Waals surface area contributed by atoms with Crippen LogP contribution in [0.5, 0.6) is 0 Å². The van der Waals surface area contributed by atoms with E-state index in [2.05, 4.69) is 0 Å². The van der Waals surface area contributed by atoms with Crippen LogP contribution in [-0.4, -0.2) is 81.1 Å². The van der Waals surface area contributed by atoms with Gasteiger partial charge in [0.25, 0.3) is 0 Å². The summed E-state index contributed by atoms with van der Waals surface area (Å²) in [7, 11) is 1.75. The molecular weight excluding hydrogens is 284 g/mol. The van der Waals surface area contributed by atoms with Gasteiger partial charge in [0.15, 0.2) is 0 Å². The summed E-state index contributed by atoms with van der Waals surface area (Å²) < 4.78 is 16.8. The van der Waals surface area contributed by atoms with Crippen LogP contribution in [0.25, 0.3) is 0 Å². The minimum Gasteiger partial charge on any atom is -0.381 e. The molecule has 0 bridgehead atoms. The van der Waals surface area contributed by atoms with Crippen LogP contribution >= 0.6 is 0 Å². The molecule has 2 aliphatic heterocycles. The van der Waals surface area contributed by atoms with Gasteiger partial charge in [0.2, 0.25) is 0 Å². The highest BCUT2D eigenvalue weighted by molar-refractivity contribution is 5.74. The van der Waals surface area contributed by atoms with Crippen molar-refractivity contribution in [3.8, 4) is 0 Å². The molecule has 0 aromatic carbocycles. The Balaban J connectivity index is 1.41. The number of rotatable bonds is 5. The molecule has 0 spiro atoms. The van der Waals surface area contributed by atoms with Crippen LogP contribution in [0.4, 0.5) is 4.79 Å². The third kappa shape index (κ3) is 4.33. The fourth-order valence-electron chi connectivity index (χ4n) is 3.13. The largest absolute Gasteiger partial charge is 0.381 e. The quantitative estimate of drug-likeness (QED) is 0.769. The van der Waals surface area contributed by atoms with Gasteiger partial charge in [-0.2, -0.15) is 0 Å². The fraction of sp³-hybridized carbons (Fsp3) is 0.938. The molecule has 1 unspecified atom stereocenters. The van der Waals surface area contributed by atoms with E-state index in [4.69, 9.17) is 14.2 Å². The number of amides is 2. The van der Waals surface area contributed by atoms with Gasteiger partial charge in [-0.05, 0) is 31.6 Å². The van der Waals surface area contributed by atoms with Gasteiger partial charge in [0.05, 0.1) is 32.0 Å². The van der Waals surface area contributed by atoms with E-state index in [1.54, 1.807) is 7.11 Å². The molecule has 126 valence electrons. The Labute approximate surface area is 132 Å². The molecule has 22 heavy (non-hydrogen) atoms. The van der Waals surface area contributed by atoms with E-state index in [0.717, 1.165) is 38.5 Å². The second-order valence-corrected chi connectivity index (χ2v) is 6.62. The maximum absolute atomic E-state index is 12.6. The summed E-state index contributed by atoms with van der Waals surface area (Å²) in [4.78, 5) is 16.5. The molecular formula is C16H28N2O4. The first-order valence-corrected chi connectivity index (χ1v) is 8.52. The summed E-state index contributed by atoms with van der Waals surface area (Å²) in [5, 5.41) is 0. The van der Waals surface area contributed by atoms with Crippen molar-refractivity contribution in [3.63, 3.8) is 0 Å². The fourth-order valence-corrected chi connectivity index (χ4v) is 3.13. The summed E-state index contributed by atoms with van der Waals surface area (Å²) in [6, 6.07) is 0.144. The highest BCUT2D eigenvalue weighted by Gasteiger charge is 2.30. The number of ether oxygens (including phenoxy) is 3. The lowest BCUT2D eigenvalue weighted by Gasteiger charge is -2.38. The molecule has 2 heterocycles. The van der Waals surface area contributed by atoms with Crippen molar-refractivity contribution in [2.45, 2.75) is 37.9 Å². The van der Waals surface area contributed by atoms with Gasteiger partial charge < -0.3 is 24.0 Å². The van der Waals surface area contributed by atoms with Gasteiger partial charge in [0, 0.05) is 33.4 Å². The monoisotopic (exact) mass is 312 g/mol. The number of carbonyl (C=O) groups excluding carboxylic acids is 1. The lowest BCUT2D eigenvalue weighted by molar-refractivity contribution is -0.0638. The van der Waals surface area contributed by atoms with Crippen molar-refractivity contribution in [2.24, 2.45) is 5.92 Å². The van der Waals surface area contributed by atoms with Crippen molar-refractivity contribution >= 4 is 6.03 Å². The molecule has 2 amide bonds. The van der Waals surface area contributed by atoms with Gasteiger partial charge in [-0.15, -0.1) is 0 Å². The first kappa shape index (κ1) is 16.0. The third-order valence-electron chi connectivity index (χ3n) is 4.81. The first-order chi connectivity index (χ1) is 10.8. The molecule has 1 atom stereocenters. The Morgan fingerprint density at radius 1 is 1.09 bits per heavy atom. The Bertz CT molecular complexity index is 367. The topological polar surface area (TPSA) is 51.2 Å². The summed E-state index contributed by atoms with van der Waals surface area (Å²) in [6.07, 6.45) is 4.78. The van der Waals surface area contributed by atoms with Gasteiger partial charge in [-0.25, -0.2) is 4.79 Å². The van der Waals surface area contributed by atoms with E-state index in [1.807, 2.05) is 9.80 Å². The molecule has 0 aromatic heterocycles. The van der Waals surface area contributed by atoms with Crippen molar-refractivity contribution in [1.82, 2.24) is 9.80 Å². The summed E-state index contributed by atoms with van der Waals surface area (Å²) in [5.41, 5.74) is 0. The predicted molar refractivity (Wildman–Crippen MR) is 81.9 cm³/mol. The van der Waals surface area contributed by atoms with Crippen LogP contribution in [0.15, 0.2) is 0 Å². The zero-order valence-electron chi connectivity index (χ0n) is 13.5. The normalized spacial score (nSPS) is 27.2. The summed E-state index contributed by atoms with van der Waals surface area (Å²) in [5.74, 6) is 0.767. The molecule has 0 radical (unpaired) electrons. The minimum atomic E-state index is 0.0213. The summed E-state index contributed by atoms with van der Waals surface area (Å²) in [6.45, 7) is 4.97. The molecule has 1 saturated carbocycles. The van der Waals surface area contributed by atoms with Crippen LogP contribution in [0.1, 0.15) is 25.7 Å². The van der Waals surface area contributed by atoms with E-state index in [-0.39, 0.29) is 12.1 Å². The summed E-state index contributed by atoms with van der Waals surface area (Å²) >= 11 is 0. The number of carbonyl (C=O) groups is 1. The van der Waals surface area contributed by atoms with Crippen LogP contribution in [0.2, 0.25) is 0 Å². The van der Waals surface area contributed by atoms with Crippen molar-refractivity contribution < 1.29 is 19.0 Å². The van der Waals surface area contributed by atoms with Crippen LogP contribution in [0, 0.1) is 5.92 Å². The molecule has 3 rings (SSSR count). The zero-order chi connectivity index (χ0) is 15.4. The van der Waals surface area contributed by atoms with Crippen molar-refractivity contribution in [2.75, 3.05) is 53.1 Å². The Hall–Kier alpha value is -0.850. The molecule has 6 heteroatoms. The molecule has 1 aliphatic carbocycles. The zero-order valence-corrected chi connectivity index (χ0v) is 13.5. The Morgan fingerprint density at radius 2 is 1.86 bits per heavy atom. The average molecular weight is 312 g/mol. The van der Waals surface area contributed by atoms with E-state index >= 15 is 0 Å². The second-order valence-electron chi connectivity index (χ2n) is 6.62. The number of urea groups is 1. The highest BCUT2D eigenvalue weighted by Crippen LogP contribution is 2.28. The predicted octanol–water partition coefficient (Wildman–Crippen LogP) is 1.34. The molecule has 3 fully saturated rings. The maximum Gasteiger partial charge on any atom is 0.320 e. The maximum atomic E-state index is 12.6. The minimum absolute atomic E-state index is 0.0213. The number of piperidine rings is 1. The lowest BCUT2D eigenvalue weighted by Crippen LogP contribution is -2.53. The van der Waals surface area contributed by atoms with Crippen LogP contribution < -0.4 is 0 Å². The van der Waals surface area contributed by atoms with E-state index in [1.165, 1.54) is 12.8 Å². The second kappa shape index (κ2) is 7.62. The number of nitrogens with zero attached hydrogens (tertiary/aromatic N) is 2. The SMILES string of the molecule is COC1CCN(C(=O)N2CCOC(COCC3CC3)C2)CC1. The van der Waals surface area contributed by atoms with Crippen molar-refractivity contribution in [1.29, 1.82) is 0 Å².